The van der Waals surface area contributed by atoms with E-state index in [1.54, 1.807) is 35.0 Å². The van der Waals surface area contributed by atoms with Crippen LogP contribution in [0.3, 0.4) is 0 Å². The standard InChI is InChI=1S/C19H19BrClN3O2S/c1-27-14-5-6-16(21)15(9-14)19(26)24-8-2-3-12(11-24)18(25)23-17-7-4-13(20)10-22-17/h4-7,9-10,12H,2-3,8,11H2,1H3,(H,22,23,25). The van der Waals surface area contributed by atoms with Gasteiger partial charge in [-0.3, -0.25) is 9.59 Å². The molecular weight excluding hydrogens is 450 g/mol. The van der Waals surface area contributed by atoms with E-state index in [-0.39, 0.29) is 17.7 Å². The van der Waals surface area contributed by atoms with Crippen LogP contribution in [-0.2, 0) is 4.79 Å². The molecule has 0 radical (unpaired) electrons. The summed E-state index contributed by atoms with van der Waals surface area (Å²) in [4.78, 5) is 32.4. The number of aromatic nitrogens is 1. The first-order valence-corrected chi connectivity index (χ1v) is 10.9. The first kappa shape index (κ1) is 20.2. The van der Waals surface area contributed by atoms with Gasteiger partial charge in [0.25, 0.3) is 5.91 Å². The molecule has 8 heteroatoms. The molecule has 1 aromatic heterocycles. The van der Waals surface area contributed by atoms with Crippen LogP contribution in [0.25, 0.3) is 0 Å². The highest BCUT2D eigenvalue weighted by molar-refractivity contribution is 9.10. The van der Waals surface area contributed by atoms with Crippen molar-refractivity contribution < 1.29 is 9.59 Å². The number of piperidine rings is 1. The second-order valence-electron chi connectivity index (χ2n) is 6.29. The number of halogens is 2. The summed E-state index contributed by atoms with van der Waals surface area (Å²) in [5.41, 5.74) is 0.485. The summed E-state index contributed by atoms with van der Waals surface area (Å²) < 4.78 is 0.847. The van der Waals surface area contributed by atoms with E-state index in [0.717, 1.165) is 22.2 Å². The van der Waals surface area contributed by atoms with Gasteiger partial charge in [-0.2, -0.15) is 0 Å². The van der Waals surface area contributed by atoms with Gasteiger partial charge in [0.05, 0.1) is 16.5 Å². The van der Waals surface area contributed by atoms with Gasteiger partial charge >= 0.3 is 0 Å². The first-order chi connectivity index (χ1) is 13.0. The molecule has 1 aliphatic rings. The second kappa shape index (κ2) is 9.08. The van der Waals surface area contributed by atoms with Gasteiger partial charge < -0.3 is 10.2 Å². The van der Waals surface area contributed by atoms with Crippen molar-refractivity contribution in [1.82, 2.24) is 9.88 Å². The van der Waals surface area contributed by atoms with Gasteiger partial charge in [-0.1, -0.05) is 11.6 Å². The lowest BCUT2D eigenvalue weighted by atomic mass is 9.96. The van der Waals surface area contributed by atoms with Gasteiger partial charge in [0.2, 0.25) is 5.91 Å². The van der Waals surface area contributed by atoms with E-state index in [9.17, 15) is 9.59 Å². The third kappa shape index (κ3) is 5.03. The Hall–Kier alpha value is -1.57. The Morgan fingerprint density at radius 2 is 2.15 bits per heavy atom. The Balaban J connectivity index is 1.69. The molecule has 1 unspecified atom stereocenters. The molecule has 1 fully saturated rings. The zero-order valence-corrected chi connectivity index (χ0v) is 17.9. The number of nitrogens with one attached hydrogen (secondary N) is 1. The van der Waals surface area contributed by atoms with Crippen LogP contribution in [-0.4, -0.2) is 41.0 Å². The predicted molar refractivity (Wildman–Crippen MR) is 112 cm³/mol. The van der Waals surface area contributed by atoms with Crippen LogP contribution in [0.1, 0.15) is 23.2 Å². The van der Waals surface area contributed by atoms with Crippen molar-refractivity contribution in [3.05, 3.63) is 51.6 Å². The minimum Gasteiger partial charge on any atom is -0.338 e. The van der Waals surface area contributed by atoms with E-state index in [2.05, 4.69) is 26.2 Å². The molecular formula is C19H19BrClN3O2S. The number of rotatable bonds is 4. The lowest BCUT2D eigenvalue weighted by Crippen LogP contribution is -2.43. The zero-order chi connectivity index (χ0) is 19.4. The highest BCUT2D eigenvalue weighted by Crippen LogP contribution is 2.26. The van der Waals surface area contributed by atoms with Gasteiger partial charge in [0.1, 0.15) is 5.82 Å². The lowest BCUT2D eigenvalue weighted by molar-refractivity contribution is -0.121. The first-order valence-electron chi connectivity index (χ1n) is 8.53. The topological polar surface area (TPSA) is 62.3 Å². The van der Waals surface area contributed by atoms with E-state index in [4.69, 9.17) is 11.6 Å². The maximum absolute atomic E-state index is 12.9. The molecule has 142 valence electrons. The third-order valence-electron chi connectivity index (χ3n) is 4.46. The van der Waals surface area contributed by atoms with Crippen molar-refractivity contribution in [3.8, 4) is 0 Å². The van der Waals surface area contributed by atoms with Crippen LogP contribution < -0.4 is 5.32 Å². The molecule has 2 amide bonds. The minimum absolute atomic E-state index is 0.119. The van der Waals surface area contributed by atoms with Crippen molar-refractivity contribution in [2.75, 3.05) is 24.7 Å². The number of carbonyl (C=O) groups is 2. The molecule has 1 atom stereocenters. The predicted octanol–water partition coefficient (Wildman–Crippen LogP) is 4.71. The van der Waals surface area contributed by atoms with Crippen molar-refractivity contribution in [2.45, 2.75) is 17.7 Å². The molecule has 5 nitrogen and oxygen atoms in total. The Morgan fingerprint density at radius 1 is 1.33 bits per heavy atom. The summed E-state index contributed by atoms with van der Waals surface area (Å²) >= 11 is 11.1. The van der Waals surface area contributed by atoms with Crippen LogP contribution in [0.5, 0.6) is 0 Å². The van der Waals surface area contributed by atoms with Gasteiger partial charge in [-0.25, -0.2) is 4.98 Å². The zero-order valence-electron chi connectivity index (χ0n) is 14.7. The number of benzene rings is 1. The Kier molecular flexibility index (Phi) is 6.78. The molecule has 1 aliphatic heterocycles. The van der Waals surface area contributed by atoms with E-state index in [1.165, 1.54) is 0 Å². The average Bonchev–Trinajstić information content (AvgIpc) is 2.69. The number of amides is 2. The number of pyridine rings is 1. The molecule has 0 spiro atoms. The number of hydrogen-bond donors (Lipinski definition) is 1. The fourth-order valence-corrected chi connectivity index (χ4v) is 3.89. The number of thioether (sulfide) groups is 1. The SMILES string of the molecule is CSc1ccc(Cl)c(C(=O)N2CCCC(C(=O)Nc3ccc(Br)cn3)C2)c1. The monoisotopic (exact) mass is 467 g/mol. The summed E-state index contributed by atoms with van der Waals surface area (Å²) in [5, 5.41) is 3.26. The van der Waals surface area contributed by atoms with Crippen LogP contribution in [0, 0.1) is 5.92 Å². The number of carbonyl (C=O) groups excluding carboxylic acids is 2. The Labute approximate surface area is 176 Å². The van der Waals surface area contributed by atoms with Gasteiger partial charge in [-0.05, 0) is 65.4 Å². The van der Waals surface area contributed by atoms with E-state index in [0.29, 0.717) is 29.5 Å². The number of nitrogens with zero attached hydrogens (tertiary/aromatic N) is 2. The van der Waals surface area contributed by atoms with Crippen molar-refractivity contribution >= 4 is 56.9 Å². The average molecular weight is 469 g/mol. The van der Waals surface area contributed by atoms with Crippen molar-refractivity contribution in [2.24, 2.45) is 5.92 Å². The maximum Gasteiger partial charge on any atom is 0.255 e. The molecule has 3 rings (SSSR count). The molecule has 1 aromatic carbocycles. The van der Waals surface area contributed by atoms with Gasteiger partial charge in [0, 0.05) is 28.7 Å². The molecule has 1 saturated heterocycles. The van der Waals surface area contributed by atoms with E-state index in [1.807, 2.05) is 24.5 Å². The van der Waals surface area contributed by atoms with Crippen LogP contribution >= 0.6 is 39.3 Å². The van der Waals surface area contributed by atoms with Crippen molar-refractivity contribution in [3.63, 3.8) is 0 Å². The molecule has 0 aliphatic carbocycles. The van der Waals surface area contributed by atoms with Crippen LogP contribution in [0.15, 0.2) is 45.9 Å². The van der Waals surface area contributed by atoms with Crippen molar-refractivity contribution in [1.29, 1.82) is 0 Å². The summed E-state index contributed by atoms with van der Waals surface area (Å²) in [5.74, 6) is -0.0144. The number of anilines is 1. The van der Waals surface area contributed by atoms with Gasteiger partial charge in [0.15, 0.2) is 0 Å². The summed E-state index contributed by atoms with van der Waals surface area (Å²) in [6.07, 6.45) is 5.10. The minimum atomic E-state index is -0.268. The molecule has 1 N–H and O–H groups in total. The summed E-state index contributed by atoms with van der Waals surface area (Å²) in [6.45, 7) is 1.000. The number of likely N-dealkylation sites (tertiary alicyclic amines) is 1. The third-order valence-corrected chi connectivity index (χ3v) is 5.99. The Bertz CT molecular complexity index is 847. The lowest BCUT2D eigenvalue weighted by Gasteiger charge is -2.32. The molecule has 0 saturated carbocycles. The van der Waals surface area contributed by atoms with E-state index >= 15 is 0 Å². The highest BCUT2D eigenvalue weighted by atomic mass is 79.9. The fraction of sp³-hybridized carbons (Fsp3) is 0.316. The molecule has 0 bridgehead atoms. The second-order valence-corrected chi connectivity index (χ2v) is 8.49. The largest absolute Gasteiger partial charge is 0.338 e. The maximum atomic E-state index is 12.9. The summed E-state index contributed by atoms with van der Waals surface area (Å²) in [6, 6.07) is 9.00. The number of hydrogen-bond acceptors (Lipinski definition) is 4. The van der Waals surface area contributed by atoms with E-state index < -0.39 is 0 Å². The Morgan fingerprint density at radius 3 is 2.85 bits per heavy atom. The molecule has 27 heavy (non-hydrogen) atoms. The van der Waals surface area contributed by atoms with Crippen LogP contribution in [0.4, 0.5) is 5.82 Å². The molecule has 2 heterocycles. The quantitative estimate of drug-likeness (QED) is 0.660. The van der Waals surface area contributed by atoms with Crippen LogP contribution in [0.2, 0.25) is 5.02 Å². The highest BCUT2D eigenvalue weighted by Gasteiger charge is 2.30. The smallest absolute Gasteiger partial charge is 0.255 e. The summed E-state index contributed by atoms with van der Waals surface area (Å²) in [7, 11) is 0. The normalized spacial score (nSPS) is 16.9. The molecule has 2 aromatic rings. The fourth-order valence-electron chi connectivity index (χ4n) is 3.02. The van der Waals surface area contributed by atoms with Gasteiger partial charge in [-0.15, -0.1) is 11.8 Å².